The highest BCUT2D eigenvalue weighted by molar-refractivity contribution is 7.19. The van der Waals surface area contributed by atoms with Gasteiger partial charge >= 0.3 is 0 Å². The smallest absolute Gasteiger partial charge is 0.269 e. The van der Waals surface area contributed by atoms with Crippen molar-refractivity contribution in [2.45, 2.75) is 52.4 Å². The van der Waals surface area contributed by atoms with Gasteiger partial charge in [-0.25, -0.2) is 4.98 Å². The zero-order valence-electron chi connectivity index (χ0n) is 77.5. The second kappa shape index (κ2) is 22.2. The van der Waals surface area contributed by atoms with E-state index < -0.39 is 220 Å². The van der Waals surface area contributed by atoms with E-state index in [1.54, 1.807) is 53.2 Å². The molecular weight excluding hydrogens is 1130 g/mol. The van der Waals surface area contributed by atoms with E-state index in [2.05, 4.69) is 31.7 Å². The fourth-order valence-corrected chi connectivity index (χ4v) is 16.1. The van der Waals surface area contributed by atoms with Crippen LogP contribution in [-0.2, 0) is 10.8 Å². The van der Waals surface area contributed by atoms with Gasteiger partial charge in [0, 0.05) is 23.0 Å². The van der Waals surface area contributed by atoms with Crippen molar-refractivity contribution in [3.63, 3.8) is 0 Å². The number of para-hydroxylation sites is 2. The van der Waals surface area contributed by atoms with Crippen LogP contribution in [0.2, 0.25) is 0 Å². The van der Waals surface area contributed by atoms with E-state index in [1.807, 2.05) is 99.6 Å². The Bertz CT molecular complexity index is 6770. The molecule has 12 aromatic carbocycles. The fraction of sp³-hybridized carbons (Fsp3) is 0.0930. The number of hydrogen-bond acceptors (Lipinski definition) is 2. The van der Waals surface area contributed by atoms with Crippen LogP contribution in [0.1, 0.15) is 89.7 Å². The first-order valence-corrected chi connectivity index (χ1v) is 31.7. The Kier molecular flexibility index (Phi) is 8.29. The molecule has 0 fully saturated rings. The van der Waals surface area contributed by atoms with E-state index in [9.17, 15) is 32.9 Å². The summed E-state index contributed by atoms with van der Waals surface area (Å²) in [5.41, 5.74) is 1.34. The van der Waals surface area contributed by atoms with Gasteiger partial charge < -0.3 is 4.74 Å². The summed E-state index contributed by atoms with van der Waals surface area (Å²) in [5, 5.41) is -2.53. The van der Waals surface area contributed by atoms with Crippen LogP contribution in [0.15, 0.2) is 303 Å². The molecule has 0 spiro atoms. The first-order valence-electron chi connectivity index (χ1n) is 43.2. The molecule has 0 saturated carbocycles. The lowest BCUT2D eigenvalue weighted by atomic mass is 9.85. The summed E-state index contributed by atoms with van der Waals surface area (Å²) in [5.74, 6) is 1.23. The Balaban J connectivity index is 1.09. The van der Waals surface area contributed by atoms with E-state index in [-0.39, 0.29) is 55.7 Å². The van der Waals surface area contributed by atoms with E-state index in [4.69, 9.17) is 13.8 Å². The fourth-order valence-electron chi connectivity index (χ4n) is 12.5. The second-order valence-corrected chi connectivity index (χ2v) is 28.0. The van der Waals surface area contributed by atoms with Gasteiger partial charge in [-0.15, -0.1) is 0 Å². The average Bonchev–Trinajstić information content (AvgIpc) is 1.01. The van der Waals surface area contributed by atoms with Gasteiger partial charge in [0.25, 0.3) is 6.33 Å². The first-order chi connectivity index (χ1) is 56.1. The van der Waals surface area contributed by atoms with Gasteiger partial charge in [0.05, 0.1) is 70.5 Å². The maximum atomic E-state index is 11.1. The molecule has 1 aliphatic rings. The van der Waals surface area contributed by atoms with E-state index >= 15 is 0 Å². The molecule has 4 heterocycles. The third-order valence-electron chi connectivity index (χ3n) is 17.0. The highest BCUT2D eigenvalue weighted by Crippen LogP contribution is 2.47. The molecule has 1 aliphatic heterocycles. The predicted octanol–water partition coefficient (Wildman–Crippen LogP) is 18.6. The van der Waals surface area contributed by atoms with Crippen molar-refractivity contribution in [3.8, 4) is 84.3 Å². The second-order valence-electron chi connectivity index (χ2n) is 24.5. The summed E-state index contributed by atoms with van der Waals surface area (Å²) >= 11 is 0. The molecule has 0 saturated heterocycles. The standard InChI is InChI=1S/C86H68N4OSi/c1-85(2,3)61-45-43-58(44-46-61)70-40-24-41-77-73-37-18-16-35-71(73)72-36-17-19-38-74(72)78-52-60(59-25-22-34-69(51-59)92(66-28-10-7-11-29-66,67-30-12-8-13-31-67)68-32-14-9-15-33-68)53-81-84(78)89(83(70)77)57-88(81)63-26-23-27-64(55-63)91-65-47-48-76-75-39-20-21-42-79(75)90(80(76)56-65)82-54-62(49-50-87-82)86(4,5)6/h7-56H,1-6H3/i7D,8D,9D,10D,11D,12D,13D,14D,15D,16D,17D,18D,19D,22D,25D,28D,29D,30D,31D,32D,33D,34D,35D,36D,37D,38D,51D. The molecule has 0 aliphatic carbocycles. The van der Waals surface area contributed by atoms with Gasteiger partial charge in [-0.05, 0) is 153 Å². The molecule has 442 valence electrons. The molecule has 0 N–H and O–H groups in total. The molecule has 16 rings (SSSR count). The molecule has 5 nitrogen and oxygen atoms in total. The lowest BCUT2D eigenvalue weighted by Gasteiger charge is -2.34. The Labute approximate surface area is 577 Å². The summed E-state index contributed by atoms with van der Waals surface area (Å²) in [6.07, 6.45) is 5.33. The van der Waals surface area contributed by atoms with Crippen molar-refractivity contribution in [2.24, 2.45) is 0 Å². The van der Waals surface area contributed by atoms with Crippen molar-refractivity contribution in [1.82, 2.24) is 14.1 Å². The topological polar surface area (TPSA) is 35.9 Å². The molecule has 0 unspecified atom stereocenters. The molecule has 92 heavy (non-hydrogen) atoms. The van der Waals surface area contributed by atoms with Crippen molar-refractivity contribution < 1.29 is 46.3 Å². The van der Waals surface area contributed by atoms with Crippen molar-refractivity contribution in [2.75, 3.05) is 0 Å². The summed E-state index contributed by atoms with van der Waals surface area (Å²) < 4.78 is 274. The molecule has 0 bridgehead atoms. The van der Waals surface area contributed by atoms with Crippen LogP contribution in [0.4, 0.5) is 0 Å². The zero-order valence-corrected chi connectivity index (χ0v) is 51.5. The number of imidazole rings is 1. The maximum absolute atomic E-state index is 11.1. The molecule has 0 radical (unpaired) electrons. The van der Waals surface area contributed by atoms with Crippen molar-refractivity contribution in [1.29, 1.82) is 0 Å². The van der Waals surface area contributed by atoms with E-state index in [0.717, 1.165) is 32.9 Å². The number of hydrogen-bond donors (Lipinski definition) is 0. The van der Waals surface area contributed by atoms with E-state index in [1.165, 1.54) is 16.7 Å². The number of benzene rings is 12. The largest absolute Gasteiger partial charge is 0.458 e. The Morgan fingerprint density at radius 3 is 1.66 bits per heavy atom. The Morgan fingerprint density at radius 2 is 1.00 bits per heavy atom. The number of ether oxygens (including phenoxy) is 1. The SMILES string of the molecule is [2H]c1c([2H])c([2H])c([Si](c2c([2H])c([2H])c([2H])c([2H])c2[2H])(c2c([2H])c([2H])c([2H])c([2H])c2[2H])c2c([2H])c([2H])c([2H])c(-c3cc4c5c(c3)n(-c3cccc(Oc6ccc7c8ccccc8n(-c8cc(C(C)(C)C)ccn8)c7c6)c3)[c-][n+]5-c3c(-c5ccc(C(C)(C)C)cc5)cccc3-c3c([2H])c([2H])c([2H])c([2H])c3-c3c([2H])c([2H])c([2H])c([2H])c3-4)c2[2H])c([2H])c1[2H]. The quantitative estimate of drug-likeness (QED) is 0.0592. The lowest BCUT2D eigenvalue weighted by Crippen LogP contribution is -2.74. The minimum Gasteiger partial charge on any atom is -0.458 e. The molecular formula is C86H68N4OSi. The minimum atomic E-state index is -6.49. The maximum Gasteiger partial charge on any atom is 0.269 e. The van der Waals surface area contributed by atoms with Gasteiger partial charge in [0.15, 0.2) is 8.07 Å². The minimum absolute atomic E-state index is 0.0144. The van der Waals surface area contributed by atoms with Gasteiger partial charge in [-0.1, -0.05) is 277 Å². The summed E-state index contributed by atoms with van der Waals surface area (Å²) in [6, 6.07) is 11.2. The number of rotatable bonds is 10. The van der Waals surface area contributed by atoms with Crippen molar-refractivity contribution >= 4 is 61.7 Å². The molecule has 15 aromatic rings. The molecule has 0 amide bonds. The highest BCUT2D eigenvalue weighted by atomic mass is 28.3. The number of fused-ring (bicyclic) bond motifs is 10. The molecule has 0 atom stereocenters. The number of pyridine rings is 1. The van der Waals surface area contributed by atoms with Crippen LogP contribution in [0.25, 0.3) is 106 Å². The average molecular weight is 1230 g/mol. The normalized spacial score (nSPS) is 16.3. The van der Waals surface area contributed by atoms with Crippen LogP contribution >= 0.6 is 0 Å². The van der Waals surface area contributed by atoms with Crippen LogP contribution in [0.5, 0.6) is 11.5 Å². The van der Waals surface area contributed by atoms with Crippen LogP contribution < -0.4 is 30.1 Å². The Morgan fingerprint density at radius 1 is 0.424 bits per heavy atom. The van der Waals surface area contributed by atoms with Gasteiger partial charge in [0.2, 0.25) is 0 Å². The van der Waals surface area contributed by atoms with E-state index in [0.29, 0.717) is 22.7 Å². The summed E-state index contributed by atoms with van der Waals surface area (Å²) in [7, 11) is -6.49. The third kappa shape index (κ3) is 9.52. The lowest BCUT2D eigenvalue weighted by molar-refractivity contribution is -0.570. The third-order valence-corrected chi connectivity index (χ3v) is 21.0. The van der Waals surface area contributed by atoms with Gasteiger partial charge in [-0.2, -0.15) is 0 Å². The zero-order chi connectivity index (χ0) is 85.8. The number of aromatic nitrogens is 4. The van der Waals surface area contributed by atoms with Crippen molar-refractivity contribution in [3.05, 3.63) is 320 Å². The first kappa shape index (κ1) is 34.3. The van der Waals surface area contributed by atoms with Crippen LogP contribution in [-0.4, -0.2) is 22.2 Å². The molecule has 3 aromatic heterocycles. The number of nitrogens with zero attached hydrogens (tertiary/aromatic N) is 4. The predicted molar refractivity (Wildman–Crippen MR) is 384 cm³/mol. The van der Waals surface area contributed by atoms with Gasteiger partial charge in [-0.3, -0.25) is 13.7 Å². The van der Waals surface area contributed by atoms with Crippen LogP contribution in [0, 0.1) is 6.33 Å². The monoisotopic (exact) mass is 1230 g/mol. The van der Waals surface area contributed by atoms with Crippen LogP contribution in [0.3, 0.4) is 0 Å². The highest BCUT2D eigenvalue weighted by Gasteiger charge is 2.41. The summed E-state index contributed by atoms with van der Waals surface area (Å²) in [6.45, 7) is 12.5. The van der Waals surface area contributed by atoms with Gasteiger partial charge in [0.1, 0.15) is 17.3 Å². The molecule has 6 heteroatoms. The summed E-state index contributed by atoms with van der Waals surface area (Å²) in [4.78, 5) is 4.87. The Hall–Kier alpha value is -10.9.